The highest BCUT2D eigenvalue weighted by atomic mass is 35.5. The highest BCUT2D eigenvalue weighted by Gasteiger charge is 2.18. The second-order valence-corrected chi connectivity index (χ2v) is 4.44. The van der Waals surface area contributed by atoms with E-state index in [1.807, 2.05) is 11.8 Å². The maximum atomic E-state index is 6.05. The number of hydrogen-bond acceptors (Lipinski definition) is 4. The van der Waals surface area contributed by atoms with Gasteiger partial charge in [-0.3, -0.25) is 0 Å². The maximum Gasteiger partial charge on any atom is 0.137 e. The minimum absolute atomic E-state index is 0.617. The zero-order valence-corrected chi connectivity index (χ0v) is 9.49. The van der Waals surface area contributed by atoms with Crippen LogP contribution < -0.4 is 0 Å². The topological polar surface area (TPSA) is 35.0 Å². The van der Waals surface area contributed by atoms with Crippen molar-refractivity contribution in [3.05, 3.63) is 22.2 Å². The quantitative estimate of drug-likeness (QED) is 0.745. The first-order chi connectivity index (χ1) is 6.81. The van der Waals surface area contributed by atoms with E-state index in [1.165, 1.54) is 0 Å². The van der Waals surface area contributed by atoms with Crippen molar-refractivity contribution in [3.8, 4) is 0 Å². The van der Waals surface area contributed by atoms with Crippen molar-refractivity contribution in [1.82, 2.24) is 9.97 Å². The van der Waals surface area contributed by atoms with Crippen molar-refractivity contribution in [3.63, 3.8) is 0 Å². The summed E-state index contributed by atoms with van der Waals surface area (Å²) in [6.07, 6.45) is 0.730. The van der Waals surface area contributed by atoms with E-state index in [0.717, 1.165) is 35.0 Å². The van der Waals surface area contributed by atoms with E-state index in [-0.39, 0.29) is 0 Å². The van der Waals surface area contributed by atoms with Gasteiger partial charge in [0.2, 0.25) is 0 Å². The van der Waals surface area contributed by atoms with Gasteiger partial charge in [-0.1, -0.05) is 11.6 Å². The molecule has 14 heavy (non-hydrogen) atoms. The number of methoxy groups -OCH3 is 1. The Hall–Kier alpha value is -0.320. The third kappa shape index (κ3) is 2.02. The number of nitrogens with zero attached hydrogens (tertiary/aromatic N) is 2. The Labute approximate surface area is 92.2 Å². The summed E-state index contributed by atoms with van der Waals surface area (Å²) >= 11 is 7.88. The Morgan fingerprint density at radius 3 is 3.07 bits per heavy atom. The lowest BCUT2D eigenvalue weighted by Crippen LogP contribution is -2.04. The molecule has 0 unspecified atom stereocenters. The van der Waals surface area contributed by atoms with Gasteiger partial charge in [-0.15, -0.1) is 0 Å². The molecule has 0 bridgehead atoms. The normalized spacial score (nSPS) is 14.4. The van der Waals surface area contributed by atoms with Gasteiger partial charge < -0.3 is 4.74 Å². The molecule has 0 spiro atoms. The summed E-state index contributed by atoms with van der Waals surface area (Å²) in [5.41, 5.74) is 2.21. The third-order valence-electron chi connectivity index (χ3n) is 2.10. The van der Waals surface area contributed by atoms with Crippen LogP contribution in [0.4, 0.5) is 0 Å². The van der Waals surface area contributed by atoms with Crippen LogP contribution in [-0.2, 0) is 22.7 Å². The van der Waals surface area contributed by atoms with E-state index < -0.39 is 0 Å². The predicted molar refractivity (Wildman–Crippen MR) is 57.6 cm³/mol. The van der Waals surface area contributed by atoms with E-state index in [2.05, 4.69) is 9.97 Å². The summed E-state index contributed by atoms with van der Waals surface area (Å²) in [5.74, 6) is 2.69. The second kappa shape index (κ2) is 4.47. The maximum absolute atomic E-state index is 6.05. The fraction of sp³-hybridized carbons (Fsp3) is 0.556. The highest BCUT2D eigenvalue weighted by Crippen LogP contribution is 2.32. The number of ether oxygens (including phenoxy) is 1. The van der Waals surface area contributed by atoms with E-state index >= 15 is 0 Å². The molecule has 1 aliphatic heterocycles. The Morgan fingerprint density at radius 1 is 1.43 bits per heavy atom. The Morgan fingerprint density at radius 2 is 2.29 bits per heavy atom. The largest absolute Gasteiger partial charge is 0.384 e. The van der Waals surface area contributed by atoms with Crippen molar-refractivity contribution < 1.29 is 4.74 Å². The van der Waals surface area contributed by atoms with Crippen molar-refractivity contribution >= 4 is 23.4 Å². The van der Waals surface area contributed by atoms with Crippen LogP contribution >= 0.6 is 23.4 Å². The molecule has 0 radical (unpaired) electrons. The van der Waals surface area contributed by atoms with E-state index in [9.17, 15) is 0 Å². The van der Waals surface area contributed by atoms with Crippen molar-refractivity contribution in [2.24, 2.45) is 0 Å². The Balaban J connectivity index is 2.23. The second-order valence-electron chi connectivity index (χ2n) is 3.09. The molecular weight excluding hydrogens is 220 g/mol. The van der Waals surface area contributed by atoms with Gasteiger partial charge in [0.15, 0.2) is 0 Å². The van der Waals surface area contributed by atoms with Gasteiger partial charge in [-0.05, 0) is 0 Å². The minimum Gasteiger partial charge on any atom is -0.384 e. The van der Waals surface area contributed by atoms with Crippen LogP contribution in [0.25, 0.3) is 0 Å². The molecule has 1 aromatic rings. The van der Waals surface area contributed by atoms with Crippen LogP contribution in [0.3, 0.4) is 0 Å². The molecule has 0 fully saturated rings. The summed E-state index contributed by atoms with van der Waals surface area (Å²) < 4.78 is 4.98. The molecule has 0 saturated carbocycles. The minimum atomic E-state index is 0.617. The van der Waals surface area contributed by atoms with Crippen LogP contribution in [0.2, 0.25) is 5.15 Å². The van der Waals surface area contributed by atoms with Gasteiger partial charge in [-0.25, -0.2) is 9.97 Å². The smallest absolute Gasteiger partial charge is 0.137 e. The predicted octanol–water partition coefficient (Wildman–Crippen LogP) is 2.07. The van der Waals surface area contributed by atoms with Gasteiger partial charge in [0, 0.05) is 30.6 Å². The zero-order valence-electron chi connectivity index (χ0n) is 7.92. The summed E-state index contributed by atoms with van der Waals surface area (Å²) in [6, 6.07) is 0. The molecular formula is C9H11ClN2OS. The molecule has 0 N–H and O–H groups in total. The Kier molecular flexibility index (Phi) is 3.26. The fourth-order valence-electron chi connectivity index (χ4n) is 1.37. The van der Waals surface area contributed by atoms with E-state index in [1.54, 1.807) is 7.11 Å². The fourth-order valence-corrected chi connectivity index (χ4v) is 2.76. The van der Waals surface area contributed by atoms with Crippen LogP contribution in [0.5, 0.6) is 0 Å². The SMILES string of the molecule is COCCc1nc(Cl)c2c(n1)CSC2. The first-order valence-corrected chi connectivity index (χ1v) is 5.95. The molecule has 0 aliphatic carbocycles. The molecule has 1 aromatic heterocycles. The van der Waals surface area contributed by atoms with Crippen LogP contribution in [0.15, 0.2) is 0 Å². The first kappa shape index (κ1) is 10.2. The molecule has 0 atom stereocenters. The molecule has 2 rings (SSSR count). The van der Waals surface area contributed by atoms with Crippen LogP contribution in [-0.4, -0.2) is 23.7 Å². The number of thioether (sulfide) groups is 1. The third-order valence-corrected chi connectivity index (χ3v) is 3.39. The summed E-state index contributed by atoms with van der Waals surface area (Å²) in [5, 5.41) is 0.617. The van der Waals surface area contributed by atoms with Gasteiger partial charge in [0.1, 0.15) is 11.0 Å². The number of rotatable bonds is 3. The summed E-state index contributed by atoms with van der Waals surface area (Å²) in [4.78, 5) is 8.70. The number of hydrogen-bond donors (Lipinski definition) is 0. The molecule has 5 heteroatoms. The first-order valence-electron chi connectivity index (χ1n) is 4.42. The molecule has 1 aliphatic rings. The van der Waals surface area contributed by atoms with Crippen LogP contribution in [0.1, 0.15) is 17.1 Å². The van der Waals surface area contributed by atoms with E-state index in [0.29, 0.717) is 11.8 Å². The lowest BCUT2D eigenvalue weighted by molar-refractivity contribution is 0.200. The van der Waals surface area contributed by atoms with Crippen molar-refractivity contribution in [2.75, 3.05) is 13.7 Å². The lowest BCUT2D eigenvalue weighted by Gasteiger charge is -2.04. The van der Waals surface area contributed by atoms with E-state index in [4.69, 9.17) is 16.3 Å². The average molecular weight is 231 g/mol. The molecule has 0 aromatic carbocycles. The average Bonchev–Trinajstić information content (AvgIpc) is 2.63. The van der Waals surface area contributed by atoms with Gasteiger partial charge >= 0.3 is 0 Å². The molecule has 3 nitrogen and oxygen atoms in total. The standard InChI is InChI=1S/C9H11ClN2OS/c1-13-3-2-8-11-7-5-14-4-6(7)9(10)12-8/h2-5H2,1H3. The number of aromatic nitrogens is 2. The van der Waals surface area contributed by atoms with Gasteiger partial charge in [0.25, 0.3) is 0 Å². The highest BCUT2D eigenvalue weighted by molar-refractivity contribution is 7.98. The molecule has 2 heterocycles. The molecule has 76 valence electrons. The van der Waals surface area contributed by atoms with Crippen molar-refractivity contribution in [1.29, 1.82) is 0 Å². The van der Waals surface area contributed by atoms with Crippen LogP contribution in [0, 0.1) is 0 Å². The lowest BCUT2D eigenvalue weighted by atomic mass is 10.2. The number of fused-ring (bicyclic) bond motifs is 1. The summed E-state index contributed by atoms with van der Waals surface area (Å²) in [6.45, 7) is 0.641. The molecule has 0 saturated heterocycles. The van der Waals surface area contributed by atoms with Gasteiger partial charge in [-0.2, -0.15) is 11.8 Å². The molecule has 0 amide bonds. The summed E-state index contributed by atoms with van der Waals surface area (Å²) in [7, 11) is 1.67. The monoisotopic (exact) mass is 230 g/mol. The number of halogens is 1. The van der Waals surface area contributed by atoms with Gasteiger partial charge in [0.05, 0.1) is 12.3 Å². The zero-order chi connectivity index (χ0) is 9.97. The Bertz CT molecular complexity index is 346. The van der Waals surface area contributed by atoms with Crippen molar-refractivity contribution in [2.45, 2.75) is 17.9 Å².